The number of hydrogen-bond acceptors (Lipinski definition) is 5. The van der Waals surface area contributed by atoms with Crippen molar-refractivity contribution in [3.05, 3.63) is 17.5 Å². The average molecular weight is 293 g/mol. The van der Waals surface area contributed by atoms with Crippen molar-refractivity contribution in [1.29, 1.82) is 0 Å². The molecule has 1 aromatic heterocycles. The Morgan fingerprint density at radius 1 is 1.55 bits per heavy atom. The van der Waals surface area contributed by atoms with Gasteiger partial charge in [0, 0.05) is 25.8 Å². The lowest BCUT2D eigenvalue weighted by atomic mass is 9.89. The highest BCUT2D eigenvalue weighted by Gasteiger charge is 2.40. The van der Waals surface area contributed by atoms with Gasteiger partial charge in [0.05, 0.1) is 5.41 Å². The topological polar surface area (TPSA) is 84.1 Å². The molecule has 2 rings (SSSR count). The second kappa shape index (κ2) is 5.32. The first-order valence-corrected chi connectivity index (χ1v) is 6.89. The summed E-state index contributed by atoms with van der Waals surface area (Å²) < 4.78 is 0. The molecule has 1 fully saturated rings. The molecular formula is C13H19N5OS. The van der Waals surface area contributed by atoms with E-state index >= 15 is 0 Å². The predicted molar refractivity (Wildman–Crippen MR) is 81.7 cm³/mol. The Morgan fingerprint density at radius 3 is 2.85 bits per heavy atom. The van der Waals surface area contributed by atoms with Gasteiger partial charge < -0.3 is 16.0 Å². The molecule has 0 aromatic carbocycles. The Morgan fingerprint density at radius 2 is 2.25 bits per heavy atom. The second-order valence-electron chi connectivity index (χ2n) is 5.37. The zero-order valence-electron chi connectivity index (χ0n) is 11.9. The lowest BCUT2D eigenvalue weighted by molar-refractivity contribution is -0.128. The van der Waals surface area contributed by atoms with E-state index in [4.69, 9.17) is 18.0 Å². The number of nitrogens with two attached hydrogens (primary N) is 1. The predicted octanol–water partition coefficient (Wildman–Crippen LogP) is 0.382. The van der Waals surface area contributed by atoms with Crippen LogP contribution in [0.2, 0.25) is 0 Å². The number of hydrogen-bond donors (Lipinski definition) is 2. The van der Waals surface area contributed by atoms with Crippen molar-refractivity contribution >= 4 is 29.1 Å². The van der Waals surface area contributed by atoms with E-state index in [0.29, 0.717) is 18.2 Å². The van der Waals surface area contributed by atoms with Gasteiger partial charge >= 0.3 is 0 Å². The molecule has 0 saturated carbocycles. The van der Waals surface area contributed by atoms with Crippen LogP contribution in [0.4, 0.5) is 5.95 Å². The molecule has 0 radical (unpaired) electrons. The van der Waals surface area contributed by atoms with Crippen LogP contribution >= 0.6 is 12.2 Å². The smallest absolute Gasteiger partial charge is 0.227 e. The standard InChI is InChI=1S/C13H19N5OS/c1-8-6-9(10(14)20)17-12(16-8)18-5-4-13(2,7-18)11(19)15-3/h6H,4-5,7H2,1-3H3,(H2,14,20)(H,15,19). The van der Waals surface area contributed by atoms with E-state index in [1.165, 1.54) is 0 Å². The van der Waals surface area contributed by atoms with Crippen molar-refractivity contribution in [3.8, 4) is 0 Å². The second-order valence-corrected chi connectivity index (χ2v) is 5.81. The number of aryl methyl sites for hydroxylation is 1. The third-order valence-electron chi connectivity index (χ3n) is 3.63. The van der Waals surface area contributed by atoms with Gasteiger partial charge in [-0.25, -0.2) is 9.97 Å². The molecule has 1 saturated heterocycles. The lowest BCUT2D eigenvalue weighted by Gasteiger charge is -2.23. The first kappa shape index (κ1) is 14.6. The van der Waals surface area contributed by atoms with Crippen LogP contribution in [0.5, 0.6) is 0 Å². The number of rotatable bonds is 3. The van der Waals surface area contributed by atoms with Gasteiger partial charge in [-0.15, -0.1) is 0 Å². The van der Waals surface area contributed by atoms with Crippen LogP contribution in [-0.4, -0.2) is 41.0 Å². The Hall–Kier alpha value is -1.76. The van der Waals surface area contributed by atoms with Crippen molar-refractivity contribution < 1.29 is 4.79 Å². The third kappa shape index (κ3) is 2.72. The van der Waals surface area contributed by atoms with Gasteiger partial charge in [-0.1, -0.05) is 12.2 Å². The molecule has 1 aliphatic heterocycles. The van der Waals surface area contributed by atoms with E-state index in [2.05, 4.69) is 15.3 Å². The molecule has 0 spiro atoms. The molecule has 6 nitrogen and oxygen atoms in total. The SMILES string of the molecule is CNC(=O)C1(C)CCN(c2nc(C)cc(C(N)=S)n2)C1. The molecule has 1 unspecified atom stereocenters. The summed E-state index contributed by atoms with van der Waals surface area (Å²) in [6.07, 6.45) is 0.770. The molecule has 2 heterocycles. The summed E-state index contributed by atoms with van der Waals surface area (Å²) in [6, 6.07) is 1.76. The van der Waals surface area contributed by atoms with E-state index in [-0.39, 0.29) is 10.9 Å². The number of anilines is 1. The van der Waals surface area contributed by atoms with Gasteiger partial charge in [-0.05, 0) is 26.3 Å². The van der Waals surface area contributed by atoms with E-state index in [1.807, 2.05) is 18.7 Å². The number of nitrogens with zero attached hydrogens (tertiary/aromatic N) is 3. The summed E-state index contributed by atoms with van der Waals surface area (Å²) in [4.78, 5) is 23.0. The summed E-state index contributed by atoms with van der Waals surface area (Å²) in [5.41, 5.74) is 6.60. The van der Waals surface area contributed by atoms with Gasteiger partial charge in [0.2, 0.25) is 11.9 Å². The minimum atomic E-state index is -0.411. The number of aromatic nitrogens is 2. The molecule has 1 aromatic rings. The molecule has 0 aliphatic carbocycles. The molecule has 1 amide bonds. The highest BCUT2D eigenvalue weighted by atomic mass is 32.1. The molecular weight excluding hydrogens is 274 g/mol. The van der Waals surface area contributed by atoms with Crippen molar-refractivity contribution in [3.63, 3.8) is 0 Å². The Balaban J connectivity index is 2.26. The van der Waals surface area contributed by atoms with E-state index in [9.17, 15) is 4.79 Å². The number of carbonyl (C=O) groups excluding carboxylic acids is 1. The monoisotopic (exact) mass is 293 g/mol. The Bertz CT molecular complexity index is 562. The van der Waals surface area contributed by atoms with Crippen molar-refractivity contribution in [1.82, 2.24) is 15.3 Å². The normalized spacial score (nSPS) is 21.9. The van der Waals surface area contributed by atoms with Gasteiger partial charge in [0.1, 0.15) is 10.7 Å². The molecule has 0 bridgehead atoms. The highest BCUT2D eigenvalue weighted by Crippen LogP contribution is 2.32. The minimum Gasteiger partial charge on any atom is -0.388 e. The quantitative estimate of drug-likeness (QED) is 0.784. The van der Waals surface area contributed by atoms with E-state index < -0.39 is 5.41 Å². The molecule has 1 aliphatic rings. The fourth-order valence-electron chi connectivity index (χ4n) is 2.44. The number of carbonyl (C=O) groups is 1. The fraction of sp³-hybridized carbons (Fsp3) is 0.538. The van der Waals surface area contributed by atoms with Crippen LogP contribution in [0, 0.1) is 12.3 Å². The van der Waals surface area contributed by atoms with E-state index in [0.717, 1.165) is 18.7 Å². The van der Waals surface area contributed by atoms with Crippen LogP contribution < -0.4 is 16.0 Å². The maximum Gasteiger partial charge on any atom is 0.227 e. The lowest BCUT2D eigenvalue weighted by Crippen LogP contribution is -2.39. The van der Waals surface area contributed by atoms with Crippen molar-refractivity contribution in [2.24, 2.45) is 11.1 Å². The van der Waals surface area contributed by atoms with E-state index in [1.54, 1.807) is 13.1 Å². The van der Waals surface area contributed by atoms with Crippen molar-refractivity contribution in [2.75, 3.05) is 25.0 Å². The maximum atomic E-state index is 11.9. The number of amides is 1. The highest BCUT2D eigenvalue weighted by molar-refractivity contribution is 7.80. The largest absolute Gasteiger partial charge is 0.388 e. The van der Waals surface area contributed by atoms with Gasteiger partial charge in [-0.3, -0.25) is 4.79 Å². The first-order chi connectivity index (χ1) is 9.35. The Labute approximate surface area is 123 Å². The summed E-state index contributed by atoms with van der Waals surface area (Å²) >= 11 is 4.97. The van der Waals surface area contributed by atoms with Crippen LogP contribution in [0.15, 0.2) is 6.07 Å². The summed E-state index contributed by atoms with van der Waals surface area (Å²) in [5, 5.41) is 2.71. The van der Waals surface area contributed by atoms with Crippen molar-refractivity contribution in [2.45, 2.75) is 20.3 Å². The van der Waals surface area contributed by atoms with Crippen LogP contribution in [0.1, 0.15) is 24.7 Å². The third-order valence-corrected chi connectivity index (χ3v) is 3.84. The number of nitrogens with one attached hydrogen (secondary N) is 1. The zero-order chi connectivity index (χ0) is 14.9. The molecule has 20 heavy (non-hydrogen) atoms. The molecule has 1 atom stereocenters. The maximum absolute atomic E-state index is 11.9. The fourth-order valence-corrected chi connectivity index (χ4v) is 2.54. The summed E-state index contributed by atoms with van der Waals surface area (Å²) in [7, 11) is 1.66. The summed E-state index contributed by atoms with van der Waals surface area (Å²) in [5.74, 6) is 0.627. The molecule has 3 N–H and O–H groups in total. The van der Waals surface area contributed by atoms with Crippen LogP contribution in [-0.2, 0) is 4.79 Å². The zero-order valence-corrected chi connectivity index (χ0v) is 12.8. The van der Waals surface area contributed by atoms with Gasteiger partial charge in [0.15, 0.2) is 0 Å². The number of thiocarbonyl (C=S) groups is 1. The minimum absolute atomic E-state index is 0.0437. The molecule has 7 heteroatoms. The Kier molecular flexibility index (Phi) is 3.89. The molecule has 108 valence electrons. The van der Waals surface area contributed by atoms with Crippen LogP contribution in [0.25, 0.3) is 0 Å². The average Bonchev–Trinajstić information content (AvgIpc) is 2.81. The summed E-state index contributed by atoms with van der Waals surface area (Å²) in [6.45, 7) is 5.16. The first-order valence-electron chi connectivity index (χ1n) is 6.48. The van der Waals surface area contributed by atoms with Crippen LogP contribution in [0.3, 0.4) is 0 Å². The van der Waals surface area contributed by atoms with Gasteiger partial charge in [-0.2, -0.15) is 0 Å². The van der Waals surface area contributed by atoms with Gasteiger partial charge in [0.25, 0.3) is 0 Å².